The molecule has 0 aliphatic rings. The molecule has 0 spiro atoms. The first-order valence-electron chi connectivity index (χ1n) is 8.83. The van der Waals surface area contributed by atoms with Gasteiger partial charge in [-0.2, -0.15) is 0 Å². The second-order valence-corrected chi connectivity index (χ2v) is 9.76. The van der Waals surface area contributed by atoms with Crippen molar-refractivity contribution in [2.24, 2.45) is 0 Å². The van der Waals surface area contributed by atoms with Gasteiger partial charge in [0, 0.05) is 11.8 Å². The third-order valence-electron chi connectivity index (χ3n) is 4.45. The first-order valence-corrected chi connectivity index (χ1v) is 11.5. The van der Waals surface area contributed by atoms with E-state index in [2.05, 4.69) is 4.98 Å². The largest absolute Gasteiger partial charge is 0.467 e. The first kappa shape index (κ1) is 19.4. The molecule has 148 valence electrons. The zero-order valence-corrected chi connectivity index (χ0v) is 17.5. The minimum absolute atomic E-state index is 0.205. The second kappa shape index (κ2) is 7.46. The SMILES string of the molecule is Cc1ccc(C(=O)N(Cc2ccco2)c2nc3ccc(S(C)(=O)=O)cc3s2)cc1. The van der Waals surface area contributed by atoms with Crippen molar-refractivity contribution in [2.75, 3.05) is 11.2 Å². The monoisotopic (exact) mass is 426 g/mol. The number of hydrogen-bond donors (Lipinski definition) is 0. The average Bonchev–Trinajstić information content (AvgIpc) is 3.34. The Labute approximate surface area is 172 Å². The average molecular weight is 427 g/mol. The quantitative estimate of drug-likeness (QED) is 0.471. The molecule has 0 saturated carbocycles. The smallest absolute Gasteiger partial charge is 0.260 e. The highest BCUT2D eigenvalue weighted by atomic mass is 32.2. The fourth-order valence-electron chi connectivity index (χ4n) is 2.88. The number of furan rings is 1. The maximum absolute atomic E-state index is 13.2. The normalized spacial score (nSPS) is 11.7. The van der Waals surface area contributed by atoms with Crippen molar-refractivity contribution in [2.45, 2.75) is 18.4 Å². The number of thiazole rings is 1. The van der Waals surface area contributed by atoms with Crippen LogP contribution in [0.4, 0.5) is 5.13 Å². The summed E-state index contributed by atoms with van der Waals surface area (Å²) < 4.78 is 29.8. The van der Waals surface area contributed by atoms with E-state index < -0.39 is 9.84 Å². The summed E-state index contributed by atoms with van der Waals surface area (Å²) in [5, 5.41) is 0.479. The molecule has 2 aromatic carbocycles. The summed E-state index contributed by atoms with van der Waals surface area (Å²) in [4.78, 5) is 19.6. The van der Waals surface area contributed by atoms with Crippen LogP contribution in [0.1, 0.15) is 21.7 Å². The molecule has 0 N–H and O–H groups in total. The van der Waals surface area contributed by atoms with Crippen molar-refractivity contribution in [3.8, 4) is 0 Å². The van der Waals surface area contributed by atoms with Crippen molar-refractivity contribution in [1.82, 2.24) is 4.98 Å². The van der Waals surface area contributed by atoms with E-state index in [-0.39, 0.29) is 17.3 Å². The molecule has 0 bridgehead atoms. The number of benzene rings is 2. The molecule has 29 heavy (non-hydrogen) atoms. The van der Waals surface area contributed by atoms with Crippen molar-refractivity contribution in [3.63, 3.8) is 0 Å². The highest BCUT2D eigenvalue weighted by molar-refractivity contribution is 7.90. The number of anilines is 1. The molecular formula is C21H18N2O4S2. The van der Waals surface area contributed by atoms with Crippen molar-refractivity contribution < 1.29 is 17.6 Å². The first-order chi connectivity index (χ1) is 13.8. The van der Waals surface area contributed by atoms with E-state index in [1.165, 1.54) is 23.7 Å². The lowest BCUT2D eigenvalue weighted by atomic mass is 10.1. The van der Waals surface area contributed by atoms with Gasteiger partial charge in [0.15, 0.2) is 15.0 Å². The molecule has 4 aromatic rings. The highest BCUT2D eigenvalue weighted by Crippen LogP contribution is 2.32. The summed E-state index contributed by atoms with van der Waals surface area (Å²) >= 11 is 1.27. The van der Waals surface area contributed by atoms with Crippen LogP contribution < -0.4 is 4.90 Å². The van der Waals surface area contributed by atoms with E-state index in [0.29, 0.717) is 26.7 Å². The Morgan fingerprint density at radius 3 is 2.55 bits per heavy atom. The van der Waals surface area contributed by atoms with Gasteiger partial charge in [-0.3, -0.25) is 9.69 Å². The standard InChI is InChI=1S/C21H18N2O4S2/c1-14-5-7-15(8-6-14)20(24)23(13-16-4-3-11-27-16)21-22-18-10-9-17(29(2,25)26)12-19(18)28-21/h3-12H,13H2,1-2H3. The lowest BCUT2D eigenvalue weighted by molar-refractivity contribution is 0.0983. The second-order valence-electron chi connectivity index (χ2n) is 6.73. The zero-order chi connectivity index (χ0) is 20.6. The molecule has 2 aromatic heterocycles. The number of sulfone groups is 1. The number of fused-ring (bicyclic) bond motifs is 1. The maximum Gasteiger partial charge on any atom is 0.260 e. The van der Waals surface area contributed by atoms with Gasteiger partial charge in [-0.15, -0.1) is 0 Å². The summed E-state index contributed by atoms with van der Waals surface area (Å²) in [5.74, 6) is 0.422. The molecule has 2 heterocycles. The van der Waals surface area contributed by atoms with Crippen LogP contribution in [-0.4, -0.2) is 25.6 Å². The lowest BCUT2D eigenvalue weighted by Gasteiger charge is -2.18. The number of aryl methyl sites for hydroxylation is 1. The third kappa shape index (κ3) is 4.08. The van der Waals surface area contributed by atoms with Crippen LogP contribution in [-0.2, 0) is 16.4 Å². The van der Waals surface area contributed by atoms with E-state index in [4.69, 9.17) is 4.42 Å². The fraction of sp³-hybridized carbons (Fsp3) is 0.143. The zero-order valence-electron chi connectivity index (χ0n) is 15.8. The summed E-state index contributed by atoms with van der Waals surface area (Å²) in [5.41, 5.74) is 2.24. The van der Waals surface area contributed by atoms with Gasteiger partial charge in [0.2, 0.25) is 0 Å². The van der Waals surface area contributed by atoms with Crippen molar-refractivity contribution >= 4 is 42.4 Å². The number of aromatic nitrogens is 1. The number of hydrogen-bond acceptors (Lipinski definition) is 6. The van der Waals surface area contributed by atoms with Gasteiger partial charge in [0.05, 0.1) is 27.9 Å². The Balaban J connectivity index is 1.77. The number of nitrogens with zero attached hydrogens (tertiary/aromatic N) is 2. The van der Waals surface area contributed by atoms with Crippen LogP contribution >= 0.6 is 11.3 Å². The van der Waals surface area contributed by atoms with Gasteiger partial charge in [-0.05, 0) is 49.4 Å². The van der Waals surface area contributed by atoms with E-state index in [1.807, 2.05) is 19.1 Å². The summed E-state index contributed by atoms with van der Waals surface area (Å²) in [6.45, 7) is 2.18. The van der Waals surface area contributed by atoms with E-state index >= 15 is 0 Å². The maximum atomic E-state index is 13.2. The summed E-state index contributed by atoms with van der Waals surface area (Å²) in [6.07, 6.45) is 2.72. The highest BCUT2D eigenvalue weighted by Gasteiger charge is 2.23. The Kier molecular flexibility index (Phi) is 4.97. The van der Waals surface area contributed by atoms with Gasteiger partial charge in [0.1, 0.15) is 5.76 Å². The van der Waals surface area contributed by atoms with Crippen molar-refractivity contribution in [3.05, 3.63) is 77.7 Å². The molecule has 6 nitrogen and oxygen atoms in total. The van der Waals surface area contributed by atoms with Crippen LogP contribution in [0.5, 0.6) is 0 Å². The molecule has 1 amide bonds. The summed E-state index contributed by atoms with van der Waals surface area (Å²) in [7, 11) is -3.33. The van der Waals surface area contributed by atoms with Crippen LogP contribution in [0.15, 0.2) is 70.2 Å². The number of rotatable bonds is 5. The Hall–Kier alpha value is -2.97. The van der Waals surface area contributed by atoms with E-state index in [9.17, 15) is 13.2 Å². The molecular weight excluding hydrogens is 408 g/mol. The minimum atomic E-state index is -3.33. The van der Waals surface area contributed by atoms with Gasteiger partial charge in [0.25, 0.3) is 5.91 Å². The van der Waals surface area contributed by atoms with E-state index in [1.54, 1.807) is 47.6 Å². The molecule has 0 radical (unpaired) electrons. The predicted molar refractivity (Wildman–Crippen MR) is 113 cm³/mol. The summed E-state index contributed by atoms with van der Waals surface area (Å²) in [6, 6.07) is 15.7. The molecule has 8 heteroatoms. The fourth-order valence-corrected chi connectivity index (χ4v) is 4.60. The van der Waals surface area contributed by atoms with Gasteiger partial charge >= 0.3 is 0 Å². The molecule has 4 rings (SSSR count). The molecule has 0 fully saturated rings. The van der Waals surface area contributed by atoms with Gasteiger partial charge < -0.3 is 4.42 Å². The Morgan fingerprint density at radius 2 is 1.90 bits per heavy atom. The van der Waals surface area contributed by atoms with Crippen LogP contribution in [0.2, 0.25) is 0 Å². The molecule has 0 atom stereocenters. The van der Waals surface area contributed by atoms with Crippen LogP contribution in [0, 0.1) is 6.92 Å². The molecule has 0 unspecified atom stereocenters. The number of carbonyl (C=O) groups excluding carboxylic acids is 1. The predicted octanol–water partition coefficient (Wildman–Crippen LogP) is 4.45. The third-order valence-corrected chi connectivity index (χ3v) is 6.60. The lowest BCUT2D eigenvalue weighted by Crippen LogP contribution is -2.30. The molecule has 0 aliphatic heterocycles. The van der Waals surface area contributed by atoms with Gasteiger partial charge in [-0.25, -0.2) is 13.4 Å². The van der Waals surface area contributed by atoms with E-state index in [0.717, 1.165) is 5.56 Å². The Bertz CT molecular complexity index is 1270. The topological polar surface area (TPSA) is 80.5 Å². The number of amides is 1. The van der Waals surface area contributed by atoms with Crippen molar-refractivity contribution in [1.29, 1.82) is 0 Å². The minimum Gasteiger partial charge on any atom is -0.467 e. The van der Waals surface area contributed by atoms with Gasteiger partial charge in [-0.1, -0.05) is 29.0 Å². The Morgan fingerprint density at radius 1 is 1.14 bits per heavy atom. The van der Waals surface area contributed by atoms with Crippen LogP contribution in [0.3, 0.4) is 0 Å². The number of carbonyl (C=O) groups is 1. The molecule has 0 saturated heterocycles. The molecule has 0 aliphatic carbocycles. The van der Waals surface area contributed by atoms with Crippen LogP contribution in [0.25, 0.3) is 10.2 Å².